The number of carbonyl (C=O) groups excluding carboxylic acids is 1. The Kier molecular flexibility index (Phi) is 4.94. The Morgan fingerprint density at radius 2 is 1.96 bits per heavy atom. The fourth-order valence-corrected chi connectivity index (χ4v) is 2.52. The quantitative estimate of drug-likeness (QED) is 0.501. The minimum absolute atomic E-state index is 0.268. The zero-order chi connectivity index (χ0) is 18.0. The highest BCUT2D eigenvalue weighted by molar-refractivity contribution is 6.31. The molecule has 0 radical (unpaired) electrons. The van der Waals surface area contributed by atoms with Crippen molar-refractivity contribution in [3.05, 3.63) is 73.5 Å². The number of ketones is 1. The smallest absolute Gasteiger partial charge is 0.336 e. The summed E-state index contributed by atoms with van der Waals surface area (Å²) in [5, 5.41) is 20.7. The van der Waals surface area contributed by atoms with Gasteiger partial charge in [-0.1, -0.05) is 29.8 Å². The zero-order valence-corrected chi connectivity index (χ0v) is 13.1. The fraction of sp³-hybridized carbons (Fsp3) is 0.125. The topological polar surface area (TPSA) is 97.5 Å². The summed E-state index contributed by atoms with van der Waals surface area (Å²) in [7, 11) is 0. The van der Waals surface area contributed by atoms with Crippen LogP contribution in [0, 0.1) is 22.9 Å². The molecule has 2 rings (SSSR count). The van der Waals surface area contributed by atoms with E-state index in [4.69, 9.17) is 11.6 Å². The van der Waals surface area contributed by atoms with Crippen molar-refractivity contribution >= 4 is 29.0 Å². The predicted molar refractivity (Wildman–Crippen MR) is 84.2 cm³/mol. The minimum atomic E-state index is -1.63. The summed E-state index contributed by atoms with van der Waals surface area (Å²) in [5.74, 6) is -3.51. The SMILES string of the molecule is Cc1c(F)cc(C(=O)O)c(C(=O)Cc2ccccc2Cl)c1[N+](=O)[O-]. The number of hydrogen-bond donors (Lipinski definition) is 1. The first-order chi connectivity index (χ1) is 11.2. The van der Waals surface area contributed by atoms with E-state index in [1.165, 1.54) is 6.07 Å². The van der Waals surface area contributed by atoms with Gasteiger partial charge in [0.15, 0.2) is 5.78 Å². The highest BCUT2D eigenvalue weighted by Gasteiger charge is 2.32. The van der Waals surface area contributed by atoms with E-state index in [1.807, 2.05) is 0 Å². The molecule has 2 aromatic carbocycles. The van der Waals surface area contributed by atoms with Gasteiger partial charge in [-0.05, 0) is 24.6 Å². The van der Waals surface area contributed by atoms with Gasteiger partial charge in [0.05, 0.1) is 16.1 Å². The van der Waals surface area contributed by atoms with Crippen LogP contribution in [0.1, 0.15) is 31.8 Å². The van der Waals surface area contributed by atoms with Crippen molar-refractivity contribution in [2.75, 3.05) is 0 Å². The van der Waals surface area contributed by atoms with Crippen LogP contribution >= 0.6 is 11.6 Å². The molecule has 0 atom stereocenters. The first-order valence-electron chi connectivity index (χ1n) is 6.71. The van der Waals surface area contributed by atoms with Crippen LogP contribution in [0.15, 0.2) is 30.3 Å². The number of hydrogen-bond acceptors (Lipinski definition) is 4. The second-order valence-corrected chi connectivity index (χ2v) is 5.42. The molecule has 0 unspecified atom stereocenters. The molecule has 0 bridgehead atoms. The number of aromatic carboxylic acids is 1. The van der Waals surface area contributed by atoms with Crippen LogP contribution in [0.25, 0.3) is 0 Å². The number of nitro benzene ring substituents is 1. The van der Waals surface area contributed by atoms with Crippen LogP contribution in [0.3, 0.4) is 0 Å². The van der Waals surface area contributed by atoms with Crippen LogP contribution in [0.2, 0.25) is 5.02 Å². The van der Waals surface area contributed by atoms with E-state index in [-0.39, 0.29) is 11.4 Å². The Balaban J connectivity index is 2.65. The monoisotopic (exact) mass is 351 g/mol. The van der Waals surface area contributed by atoms with E-state index in [0.717, 1.165) is 6.92 Å². The summed E-state index contributed by atoms with van der Waals surface area (Å²) >= 11 is 5.95. The molecular formula is C16H11ClFNO5. The molecule has 124 valence electrons. The summed E-state index contributed by atoms with van der Waals surface area (Å²) in [4.78, 5) is 34.2. The highest BCUT2D eigenvalue weighted by Crippen LogP contribution is 2.31. The van der Waals surface area contributed by atoms with Crippen molar-refractivity contribution in [1.29, 1.82) is 0 Å². The Morgan fingerprint density at radius 3 is 2.50 bits per heavy atom. The third-order valence-corrected chi connectivity index (χ3v) is 3.86. The minimum Gasteiger partial charge on any atom is -0.478 e. The van der Waals surface area contributed by atoms with E-state index >= 15 is 0 Å². The van der Waals surface area contributed by atoms with Gasteiger partial charge >= 0.3 is 5.97 Å². The van der Waals surface area contributed by atoms with Crippen molar-refractivity contribution in [3.63, 3.8) is 0 Å². The van der Waals surface area contributed by atoms with E-state index < -0.39 is 44.9 Å². The molecule has 0 aliphatic rings. The Bertz CT molecular complexity index is 866. The molecule has 0 aromatic heterocycles. The molecular weight excluding hydrogens is 341 g/mol. The van der Waals surface area contributed by atoms with Crippen LogP contribution in [0.5, 0.6) is 0 Å². The molecule has 0 aliphatic heterocycles. The third kappa shape index (κ3) is 3.26. The first-order valence-corrected chi connectivity index (χ1v) is 7.09. The summed E-state index contributed by atoms with van der Waals surface area (Å²) in [6.07, 6.45) is -0.341. The number of carbonyl (C=O) groups is 2. The normalized spacial score (nSPS) is 10.5. The fourth-order valence-electron chi connectivity index (χ4n) is 2.32. The lowest BCUT2D eigenvalue weighted by Gasteiger charge is -2.10. The molecule has 8 heteroatoms. The standard InChI is InChI=1S/C16H11ClFNO5/c1-8-12(18)7-10(16(21)22)14(15(8)19(23)24)13(20)6-9-4-2-3-5-11(9)17/h2-5,7H,6H2,1H3,(H,21,22). The Labute approximate surface area is 140 Å². The van der Waals surface area contributed by atoms with Gasteiger partial charge in [0.2, 0.25) is 0 Å². The summed E-state index contributed by atoms with van der Waals surface area (Å²) in [6.45, 7) is 1.12. The summed E-state index contributed by atoms with van der Waals surface area (Å²) < 4.78 is 13.8. The summed E-state index contributed by atoms with van der Waals surface area (Å²) in [5.41, 5.74) is -2.23. The van der Waals surface area contributed by atoms with Crippen LogP contribution in [-0.4, -0.2) is 21.8 Å². The largest absolute Gasteiger partial charge is 0.478 e. The predicted octanol–water partition coefficient (Wildman–Crippen LogP) is 3.82. The number of Topliss-reactive ketones (excluding diaryl/α,β-unsaturated/α-hetero) is 1. The summed E-state index contributed by atoms with van der Waals surface area (Å²) in [6, 6.07) is 6.96. The lowest BCUT2D eigenvalue weighted by molar-refractivity contribution is -0.385. The van der Waals surface area contributed by atoms with E-state index in [1.54, 1.807) is 18.2 Å². The van der Waals surface area contributed by atoms with Crippen LogP contribution in [0.4, 0.5) is 10.1 Å². The maximum atomic E-state index is 13.8. The Hall–Kier alpha value is -2.80. The molecule has 0 heterocycles. The number of nitrogens with zero attached hydrogens (tertiary/aromatic N) is 1. The number of halogens is 2. The van der Waals surface area contributed by atoms with Gasteiger partial charge in [-0.3, -0.25) is 14.9 Å². The van der Waals surface area contributed by atoms with E-state index in [2.05, 4.69) is 0 Å². The van der Waals surface area contributed by atoms with Gasteiger partial charge in [-0.2, -0.15) is 0 Å². The molecule has 1 N–H and O–H groups in total. The van der Waals surface area contributed by atoms with Crippen molar-refractivity contribution < 1.29 is 24.0 Å². The molecule has 24 heavy (non-hydrogen) atoms. The molecule has 0 aliphatic carbocycles. The molecule has 0 spiro atoms. The highest BCUT2D eigenvalue weighted by atomic mass is 35.5. The van der Waals surface area contributed by atoms with Crippen molar-refractivity contribution in [3.8, 4) is 0 Å². The second-order valence-electron chi connectivity index (χ2n) is 5.01. The average Bonchev–Trinajstić information content (AvgIpc) is 2.50. The van der Waals surface area contributed by atoms with Crippen molar-refractivity contribution in [2.24, 2.45) is 0 Å². The number of nitro groups is 1. The van der Waals surface area contributed by atoms with Crippen LogP contribution < -0.4 is 0 Å². The van der Waals surface area contributed by atoms with E-state index in [9.17, 15) is 29.2 Å². The van der Waals surface area contributed by atoms with Gasteiger partial charge in [0.25, 0.3) is 5.69 Å². The van der Waals surface area contributed by atoms with Gasteiger partial charge < -0.3 is 5.11 Å². The van der Waals surface area contributed by atoms with Gasteiger partial charge in [0.1, 0.15) is 11.4 Å². The third-order valence-electron chi connectivity index (χ3n) is 3.49. The zero-order valence-electron chi connectivity index (χ0n) is 12.4. The second kappa shape index (κ2) is 6.76. The lowest BCUT2D eigenvalue weighted by atomic mass is 9.94. The number of carboxylic acids is 1. The maximum absolute atomic E-state index is 13.8. The maximum Gasteiger partial charge on any atom is 0.336 e. The van der Waals surface area contributed by atoms with Crippen LogP contribution in [-0.2, 0) is 6.42 Å². The average molecular weight is 352 g/mol. The van der Waals surface area contributed by atoms with Gasteiger partial charge in [0, 0.05) is 11.4 Å². The van der Waals surface area contributed by atoms with Gasteiger partial charge in [-0.15, -0.1) is 0 Å². The number of rotatable bonds is 5. The van der Waals surface area contributed by atoms with Gasteiger partial charge in [-0.25, -0.2) is 9.18 Å². The van der Waals surface area contributed by atoms with Crippen molar-refractivity contribution in [2.45, 2.75) is 13.3 Å². The lowest BCUT2D eigenvalue weighted by Crippen LogP contribution is -2.16. The molecule has 6 nitrogen and oxygen atoms in total. The van der Waals surface area contributed by atoms with Crippen molar-refractivity contribution in [1.82, 2.24) is 0 Å². The molecule has 2 aromatic rings. The molecule has 0 amide bonds. The first kappa shape index (κ1) is 17.6. The molecule has 0 fully saturated rings. The number of carboxylic acid groups (broad SMARTS) is 1. The molecule has 0 saturated heterocycles. The van der Waals surface area contributed by atoms with E-state index in [0.29, 0.717) is 11.6 Å². The number of benzene rings is 2. The Morgan fingerprint density at radius 1 is 1.33 bits per heavy atom. The molecule has 0 saturated carbocycles.